The second-order valence-electron chi connectivity index (χ2n) is 6.44. The first-order valence-electron chi connectivity index (χ1n) is 8.34. The number of piperidine rings is 1. The van der Waals surface area contributed by atoms with E-state index in [1.807, 2.05) is 31.2 Å². The van der Waals surface area contributed by atoms with E-state index in [-0.39, 0.29) is 0 Å². The Hall–Kier alpha value is -1.63. The first-order chi connectivity index (χ1) is 11.5. The highest BCUT2D eigenvalue weighted by atomic mass is 32.2. The lowest BCUT2D eigenvalue weighted by molar-refractivity contribution is 0.158. The Labute approximate surface area is 143 Å². The molecule has 24 heavy (non-hydrogen) atoms. The first-order valence-corrected chi connectivity index (χ1v) is 9.83. The molecule has 0 aliphatic carbocycles. The van der Waals surface area contributed by atoms with Gasteiger partial charge in [-0.1, -0.05) is 18.2 Å². The maximum atomic E-state index is 12.5. The zero-order chi connectivity index (χ0) is 17.0. The second-order valence-corrected chi connectivity index (χ2v) is 8.18. The van der Waals surface area contributed by atoms with Crippen LogP contribution in [0.1, 0.15) is 24.2 Å². The fourth-order valence-corrected chi connectivity index (χ4v) is 4.61. The average Bonchev–Trinajstić information content (AvgIpc) is 3.07. The number of rotatable bonds is 6. The summed E-state index contributed by atoms with van der Waals surface area (Å²) in [5.41, 5.74) is 0.771. The van der Waals surface area contributed by atoms with Crippen LogP contribution in [0.5, 0.6) is 0 Å². The van der Waals surface area contributed by atoms with Crippen LogP contribution >= 0.6 is 0 Å². The van der Waals surface area contributed by atoms with Gasteiger partial charge < -0.3 is 4.42 Å². The molecular weight excluding hydrogens is 324 g/mol. The molecule has 6 heteroatoms. The number of hydrogen-bond acceptors (Lipinski definition) is 4. The third kappa shape index (κ3) is 4.26. The third-order valence-corrected chi connectivity index (χ3v) is 6.09. The third-order valence-electron chi connectivity index (χ3n) is 4.51. The summed E-state index contributed by atoms with van der Waals surface area (Å²) in [5.74, 6) is 1.28. The number of furan rings is 1. The van der Waals surface area contributed by atoms with Crippen molar-refractivity contribution in [1.82, 2.24) is 9.62 Å². The van der Waals surface area contributed by atoms with Crippen LogP contribution in [0.4, 0.5) is 0 Å². The van der Waals surface area contributed by atoms with Gasteiger partial charge in [-0.25, -0.2) is 13.1 Å². The highest BCUT2D eigenvalue weighted by Gasteiger charge is 2.23. The quantitative estimate of drug-likeness (QED) is 0.872. The maximum Gasteiger partial charge on any atom is 0.240 e. The van der Waals surface area contributed by atoms with Crippen molar-refractivity contribution >= 4 is 10.0 Å². The van der Waals surface area contributed by atoms with Crippen molar-refractivity contribution in [2.75, 3.05) is 19.6 Å². The van der Waals surface area contributed by atoms with Gasteiger partial charge in [-0.2, -0.15) is 0 Å². The summed E-state index contributed by atoms with van der Waals surface area (Å²) in [6.07, 6.45) is 3.81. The number of aryl methyl sites for hydroxylation is 1. The van der Waals surface area contributed by atoms with E-state index in [9.17, 15) is 8.42 Å². The summed E-state index contributed by atoms with van der Waals surface area (Å²) < 4.78 is 33.2. The molecule has 1 unspecified atom stereocenters. The minimum Gasteiger partial charge on any atom is -0.468 e. The first kappa shape index (κ1) is 17.2. The summed E-state index contributed by atoms with van der Waals surface area (Å²) in [6.45, 7) is 5.00. The summed E-state index contributed by atoms with van der Waals surface area (Å²) in [7, 11) is -3.44. The molecule has 1 aliphatic heterocycles. The van der Waals surface area contributed by atoms with Gasteiger partial charge in [0.05, 0.1) is 17.7 Å². The summed E-state index contributed by atoms with van der Waals surface area (Å²) in [5, 5.41) is 0. The van der Waals surface area contributed by atoms with Crippen molar-refractivity contribution in [3.63, 3.8) is 0 Å². The standard InChI is InChI=1S/C18H24N2O3S/c1-15-6-2-3-9-18(15)24(21,22)19-12-16-7-4-10-20(13-16)14-17-8-5-11-23-17/h2-3,5-6,8-9,11,16,19H,4,7,10,12-14H2,1H3. The molecule has 1 saturated heterocycles. The number of nitrogens with one attached hydrogen (secondary N) is 1. The van der Waals surface area contributed by atoms with Gasteiger partial charge in [0.1, 0.15) is 5.76 Å². The average molecular weight is 348 g/mol. The van der Waals surface area contributed by atoms with Crippen LogP contribution in [0.2, 0.25) is 0 Å². The van der Waals surface area contributed by atoms with Crippen LogP contribution in [0.3, 0.4) is 0 Å². The molecule has 3 rings (SSSR count). The van der Waals surface area contributed by atoms with Crippen LogP contribution in [0.15, 0.2) is 52.0 Å². The van der Waals surface area contributed by atoms with Crippen molar-refractivity contribution < 1.29 is 12.8 Å². The smallest absolute Gasteiger partial charge is 0.240 e. The van der Waals surface area contributed by atoms with Crippen molar-refractivity contribution in [1.29, 1.82) is 0 Å². The molecule has 1 aromatic heterocycles. The van der Waals surface area contributed by atoms with Gasteiger partial charge in [-0.3, -0.25) is 4.90 Å². The van der Waals surface area contributed by atoms with Gasteiger partial charge >= 0.3 is 0 Å². The van der Waals surface area contributed by atoms with Gasteiger partial charge in [-0.15, -0.1) is 0 Å². The second kappa shape index (κ2) is 7.51. The molecule has 130 valence electrons. The molecule has 2 heterocycles. The Kier molecular flexibility index (Phi) is 5.38. The van der Waals surface area contributed by atoms with Gasteiger partial charge in [-0.05, 0) is 56.0 Å². The summed E-state index contributed by atoms with van der Waals surface area (Å²) in [6, 6.07) is 11.0. The number of sulfonamides is 1. The number of likely N-dealkylation sites (tertiary alicyclic amines) is 1. The van der Waals surface area contributed by atoms with E-state index in [1.54, 1.807) is 18.4 Å². The van der Waals surface area contributed by atoms with E-state index in [0.717, 1.165) is 43.8 Å². The molecule has 1 aromatic carbocycles. The van der Waals surface area contributed by atoms with E-state index in [2.05, 4.69) is 9.62 Å². The van der Waals surface area contributed by atoms with Gasteiger partial charge in [0, 0.05) is 13.1 Å². The molecule has 1 fully saturated rings. The lowest BCUT2D eigenvalue weighted by Gasteiger charge is -2.32. The lowest BCUT2D eigenvalue weighted by atomic mass is 9.98. The molecule has 1 atom stereocenters. The summed E-state index contributed by atoms with van der Waals surface area (Å²) in [4.78, 5) is 2.70. The van der Waals surface area contributed by atoms with E-state index in [1.165, 1.54) is 0 Å². The molecule has 0 amide bonds. The fraction of sp³-hybridized carbons (Fsp3) is 0.444. The summed E-state index contributed by atoms with van der Waals surface area (Å²) >= 11 is 0. The van der Waals surface area contributed by atoms with E-state index in [0.29, 0.717) is 17.4 Å². The molecular formula is C18H24N2O3S. The molecule has 1 aliphatic rings. The van der Waals surface area contributed by atoms with E-state index < -0.39 is 10.0 Å². The predicted octanol–water partition coefficient (Wildman–Crippen LogP) is 2.78. The number of benzene rings is 1. The Balaban J connectivity index is 1.57. The van der Waals surface area contributed by atoms with Crippen molar-refractivity contribution in [3.8, 4) is 0 Å². The Morgan fingerprint density at radius 2 is 2.08 bits per heavy atom. The van der Waals surface area contributed by atoms with Crippen molar-refractivity contribution in [2.45, 2.75) is 31.2 Å². The Bertz CT molecular complexity index is 756. The minimum absolute atomic E-state index is 0.326. The normalized spacial score (nSPS) is 19.5. The Morgan fingerprint density at radius 1 is 1.25 bits per heavy atom. The van der Waals surface area contributed by atoms with Crippen molar-refractivity contribution in [2.24, 2.45) is 5.92 Å². The molecule has 0 saturated carbocycles. The van der Waals surface area contributed by atoms with Crippen LogP contribution in [-0.2, 0) is 16.6 Å². The maximum absolute atomic E-state index is 12.5. The molecule has 0 radical (unpaired) electrons. The van der Waals surface area contributed by atoms with Gasteiger partial charge in [0.15, 0.2) is 0 Å². The van der Waals surface area contributed by atoms with Gasteiger partial charge in [0.25, 0.3) is 0 Å². The highest BCUT2D eigenvalue weighted by molar-refractivity contribution is 7.89. The molecule has 2 aromatic rings. The molecule has 5 nitrogen and oxygen atoms in total. The van der Waals surface area contributed by atoms with Gasteiger partial charge in [0.2, 0.25) is 10.0 Å². The van der Waals surface area contributed by atoms with Crippen LogP contribution in [-0.4, -0.2) is 33.0 Å². The predicted molar refractivity (Wildman–Crippen MR) is 93.1 cm³/mol. The zero-order valence-corrected chi connectivity index (χ0v) is 14.8. The molecule has 1 N–H and O–H groups in total. The van der Waals surface area contributed by atoms with Crippen molar-refractivity contribution in [3.05, 3.63) is 54.0 Å². The minimum atomic E-state index is -3.44. The number of hydrogen-bond donors (Lipinski definition) is 1. The Morgan fingerprint density at radius 3 is 2.83 bits per heavy atom. The highest BCUT2D eigenvalue weighted by Crippen LogP contribution is 2.20. The monoisotopic (exact) mass is 348 g/mol. The number of nitrogens with zero attached hydrogens (tertiary/aromatic N) is 1. The largest absolute Gasteiger partial charge is 0.468 e. The molecule has 0 bridgehead atoms. The van der Waals surface area contributed by atoms with E-state index in [4.69, 9.17) is 4.42 Å². The zero-order valence-electron chi connectivity index (χ0n) is 13.9. The van der Waals surface area contributed by atoms with Crippen LogP contribution in [0, 0.1) is 12.8 Å². The lowest BCUT2D eigenvalue weighted by Crippen LogP contribution is -2.40. The van der Waals surface area contributed by atoms with Crippen LogP contribution < -0.4 is 4.72 Å². The fourth-order valence-electron chi connectivity index (χ4n) is 3.25. The SMILES string of the molecule is Cc1ccccc1S(=O)(=O)NCC1CCCN(Cc2ccco2)C1. The molecule has 0 spiro atoms. The van der Waals surface area contributed by atoms with Crippen LogP contribution in [0.25, 0.3) is 0 Å². The topological polar surface area (TPSA) is 62.6 Å². The van der Waals surface area contributed by atoms with E-state index >= 15 is 0 Å².